The van der Waals surface area contributed by atoms with Gasteiger partial charge in [0.15, 0.2) is 0 Å². The highest BCUT2D eigenvalue weighted by atomic mass is 35.5. The molecule has 2 heterocycles. The van der Waals surface area contributed by atoms with Gasteiger partial charge in [-0.25, -0.2) is 4.79 Å². The van der Waals surface area contributed by atoms with Crippen molar-refractivity contribution >= 4 is 34.9 Å². The molecular weight excluding hydrogens is 304 g/mol. The molecule has 0 saturated carbocycles. The van der Waals surface area contributed by atoms with E-state index in [-0.39, 0.29) is 5.91 Å². The number of halogens is 1. The first kappa shape index (κ1) is 15.1. The van der Waals surface area contributed by atoms with E-state index in [0.717, 1.165) is 31.9 Å². The topological polar surface area (TPSA) is 55.9 Å². The Labute approximate surface area is 134 Å². The molecule has 0 aliphatic carbocycles. The third-order valence-electron chi connectivity index (χ3n) is 4.14. The highest BCUT2D eigenvalue weighted by Crippen LogP contribution is 2.32. The summed E-state index contributed by atoms with van der Waals surface area (Å²) in [6.45, 7) is 4.27. The normalized spacial score (nSPS) is 20.3. The van der Waals surface area contributed by atoms with Gasteiger partial charge in [0.1, 0.15) is 0 Å². The third kappa shape index (κ3) is 3.03. The van der Waals surface area contributed by atoms with Gasteiger partial charge in [-0.05, 0) is 25.2 Å². The zero-order valence-electron chi connectivity index (χ0n) is 12.5. The first-order valence-corrected chi connectivity index (χ1v) is 7.77. The van der Waals surface area contributed by atoms with Gasteiger partial charge in [0.2, 0.25) is 5.91 Å². The number of amides is 3. The quantitative estimate of drug-likeness (QED) is 0.897. The molecule has 1 aromatic rings. The van der Waals surface area contributed by atoms with Crippen LogP contribution < -0.4 is 15.1 Å². The summed E-state index contributed by atoms with van der Waals surface area (Å²) in [6, 6.07) is 5.32. The summed E-state index contributed by atoms with van der Waals surface area (Å²) in [4.78, 5) is 29.4. The van der Waals surface area contributed by atoms with Gasteiger partial charge in [0.05, 0.1) is 10.7 Å². The summed E-state index contributed by atoms with van der Waals surface area (Å²) in [7, 11) is 2.11. The van der Waals surface area contributed by atoms with Crippen molar-refractivity contribution < 1.29 is 9.59 Å². The van der Waals surface area contributed by atoms with Crippen LogP contribution in [0.5, 0.6) is 0 Å². The van der Waals surface area contributed by atoms with Crippen LogP contribution in [0.4, 0.5) is 16.2 Å². The zero-order valence-corrected chi connectivity index (χ0v) is 13.3. The summed E-state index contributed by atoms with van der Waals surface area (Å²) >= 11 is 6.26. The fourth-order valence-electron chi connectivity index (χ4n) is 2.76. The number of hydrogen-bond acceptors (Lipinski definition) is 4. The Kier molecular flexibility index (Phi) is 4.22. The van der Waals surface area contributed by atoms with Crippen LogP contribution in [0.3, 0.4) is 0 Å². The van der Waals surface area contributed by atoms with Gasteiger partial charge >= 0.3 is 6.03 Å². The Morgan fingerprint density at radius 2 is 1.82 bits per heavy atom. The molecule has 7 heteroatoms. The van der Waals surface area contributed by atoms with Crippen molar-refractivity contribution in [3.8, 4) is 0 Å². The molecule has 0 bridgehead atoms. The van der Waals surface area contributed by atoms with E-state index < -0.39 is 6.03 Å². The van der Waals surface area contributed by atoms with Gasteiger partial charge in [-0.15, -0.1) is 0 Å². The summed E-state index contributed by atoms with van der Waals surface area (Å²) in [5.74, 6) is -0.243. The van der Waals surface area contributed by atoms with Crippen molar-refractivity contribution in [1.82, 2.24) is 10.2 Å². The van der Waals surface area contributed by atoms with Crippen molar-refractivity contribution in [2.75, 3.05) is 49.6 Å². The lowest BCUT2D eigenvalue weighted by Gasteiger charge is -2.35. The average Bonchev–Trinajstić information content (AvgIpc) is 2.49. The SMILES string of the molecule is CN1CCN(c2ccc(Cl)c(N3CCC(=O)NC3=O)c2)CC1. The smallest absolute Gasteiger partial charge is 0.328 e. The highest BCUT2D eigenvalue weighted by Gasteiger charge is 2.26. The lowest BCUT2D eigenvalue weighted by atomic mass is 10.2. The number of nitrogens with zero attached hydrogens (tertiary/aromatic N) is 3. The molecule has 0 atom stereocenters. The second-order valence-electron chi connectivity index (χ2n) is 5.68. The first-order valence-electron chi connectivity index (χ1n) is 7.39. The van der Waals surface area contributed by atoms with E-state index in [2.05, 4.69) is 22.2 Å². The van der Waals surface area contributed by atoms with Crippen LogP contribution >= 0.6 is 11.6 Å². The predicted octanol–water partition coefficient (Wildman–Crippen LogP) is 1.54. The monoisotopic (exact) mass is 322 g/mol. The maximum atomic E-state index is 12.0. The molecule has 3 rings (SSSR count). The minimum atomic E-state index is -0.409. The van der Waals surface area contributed by atoms with E-state index in [9.17, 15) is 9.59 Å². The second kappa shape index (κ2) is 6.14. The number of likely N-dealkylation sites (N-methyl/N-ethyl adjacent to an activating group) is 1. The molecular formula is C15H19ClN4O2. The molecule has 1 N–H and O–H groups in total. The van der Waals surface area contributed by atoms with Crippen LogP contribution in [0.1, 0.15) is 6.42 Å². The zero-order chi connectivity index (χ0) is 15.7. The number of carbonyl (C=O) groups excluding carboxylic acids is 2. The van der Waals surface area contributed by atoms with Gasteiger partial charge in [-0.1, -0.05) is 11.6 Å². The van der Waals surface area contributed by atoms with Crippen LogP contribution in [0, 0.1) is 0 Å². The van der Waals surface area contributed by atoms with Gasteiger partial charge < -0.3 is 9.80 Å². The first-order chi connectivity index (χ1) is 10.5. The molecule has 2 saturated heterocycles. The van der Waals surface area contributed by atoms with Crippen molar-refractivity contribution in [3.63, 3.8) is 0 Å². The van der Waals surface area contributed by atoms with E-state index in [1.165, 1.54) is 4.90 Å². The molecule has 0 spiro atoms. The minimum absolute atomic E-state index is 0.243. The Morgan fingerprint density at radius 3 is 2.50 bits per heavy atom. The van der Waals surface area contributed by atoms with Gasteiger partial charge in [-0.2, -0.15) is 0 Å². The Balaban J connectivity index is 1.84. The maximum absolute atomic E-state index is 12.0. The number of nitrogens with one attached hydrogen (secondary N) is 1. The minimum Gasteiger partial charge on any atom is -0.369 e. The van der Waals surface area contributed by atoms with Crippen LogP contribution in [-0.4, -0.2) is 56.6 Å². The molecule has 118 valence electrons. The number of rotatable bonds is 2. The molecule has 0 radical (unpaired) electrons. The molecule has 2 aliphatic heterocycles. The Hall–Kier alpha value is -1.79. The summed E-state index contributed by atoms with van der Waals surface area (Å²) in [5, 5.41) is 2.85. The molecule has 1 aromatic carbocycles. The van der Waals surface area contributed by atoms with Crippen LogP contribution in [0.15, 0.2) is 18.2 Å². The van der Waals surface area contributed by atoms with E-state index in [1.54, 1.807) is 0 Å². The maximum Gasteiger partial charge on any atom is 0.328 e. The standard InChI is InChI=1S/C15H19ClN4O2/c1-18-6-8-19(9-7-18)11-2-3-12(16)13(10-11)20-5-4-14(21)17-15(20)22/h2-3,10H,4-9H2,1H3,(H,17,21,22). The lowest BCUT2D eigenvalue weighted by molar-refractivity contribution is -0.120. The molecule has 6 nitrogen and oxygen atoms in total. The predicted molar refractivity (Wildman–Crippen MR) is 86.7 cm³/mol. The lowest BCUT2D eigenvalue weighted by Crippen LogP contribution is -2.49. The fourth-order valence-corrected chi connectivity index (χ4v) is 2.98. The molecule has 22 heavy (non-hydrogen) atoms. The van der Waals surface area contributed by atoms with Crippen molar-refractivity contribution in [3.05, 3.63) is 23.2 Å². The van der Waals surface area contributed by atoms with Gasteiger partial charge in [0.25, 0.3) is 0 Å². The van der Waals surface area contributed by atoms with Crippen molar-refractivity contribution in [2.24, 2.45) is 0 Å². The van der Waals surface area contributed by atoms with Gasteiger partial charge in [-0.3, -0.25) is 15.0 Å². The van der Waals surface area contributed by atoms with E-state index in [4.69, 9.17) is 11.6 Å². The van der Waals surface area contributed by atoms with Crippen LogP contribution in [-0.2, 0) is 4.79 Å². The number of piperazine rings is 1. The van der Waals surface area contributed by atoms with E-state index in [0.29, 0.717) is 23.7 Å². The highest BCUT2D eigenvalue weighted by molar-refractivity contribution is 6.34. The Morgan fingerprint density at radius 1 is 1.09 bits per heavy atom. The molecule has 0 aromatic heterocycles. The van der Waals surface area contributed by atoms with Crippen molar-refractivity contribution in [2.45, 2.75) is 6.42 Å². The molecule has 2 fully saturated rings. The van der Waals surface area contributed by atoms with Crippen LogP contribution in [0.25, 0.3) is 0 Å². The van der Waals surface area contributed by atoms with Gasteiger partial charge in [0, 0.05) is 44.8 Å². The number of benzene rings is 1. The summed E-state index contributed by atoms with van der Waals surface area (Å²) in [6.07, 6.45) is 0.292. The van der Waals surface area contributed by atoms with E-state index >= 15 is 0 Å². The number of hydrogen-bond donors (Lipinski definition) is 1. The third-order valence-corrected chi connectivity index (χ3v) is 4.46. The number of carbonyl (C=O) groups is 2. The van der Waals surface area contributed by atoms with E-state index in [1.807, 2.05) is 18.2 Å². The fraction of sp³-hybridized carbons (Fsp3) is 0.467. The largest absolute Gasteiger partial charge is 0.369 e. The number of urea groups is 1. The number of imide groups is 1. The number of anilines is 2. The average molecular weight is 323 g/mol. The Bertz CT molecular complexity index is 599. The summed E-state index contributed by atoms with van der Waals surface area (Å²) in [5.41, 5.74) is 1.71. The van der Waals surface area contributed by atoms with Crippen molar-refractivity contribution in [1.29, 1.82) is 0 Å². The molecule has 2 aliphatic rings. The second-order valence-corrected chi connectivity index (χ2v) is 6.09. The molecule has 3 amide bonds. The summed E-state index contributed by atoms with van der Waals surface area (Å²) < 4.78 is 0. The van der Waals surface area contributed by atoms with Crippen LogP contribution in [0.2, 0.25) is 5.02 Å². The molecule has 0 unspecified atom stereocenters.